The van der Waals surface area contributed by atoms with Crippen molar-refractivity contribution < 1.29 is 18.1 Å². The van der Waals surface area contributed by atoms with E-state index in [1.54, 1.807) is 0 Å². The van der Waals surface area contributed by atoms with Crippen molar-refractivity contribution in [2.45, 2.75) is 38.4 Å². The normalized spacial score (nSPS) is 17.5. The van der Waals surface area contributed by atoms with Crippen LogP contribution in [0.25, 0.3) is 0 Å². The number of nitrogens with one attached hydrogen (secondary N) is 1. The molecule has 2 aromatic rings. The van der Waals surface area contributed by atoms with Gasteiger partial charge in [0.25, 0.3) is 0 Å². The predicted molar refractivity (Wildman–Crippen MR) is 96.9 cm³/mol. The molecule has 2 aromatic heterocycles. The van der Waals surface area contributed by atoms with Gasteiger partial charge in [0.05, 0.1) is 15.5 Å². The first-order valence-corrected chi connectivity index (χ1v) is 8.82. The van der Waals surface area contributed by atoms with Crippen LogP contribution in [-0.2, 0) is 6.18 Å². The molecular formula is C16H16ClF3N6O2. The lowest BCUT2D eigenvalue weighted by molar-refractivity contribution is -0.383. The minimum Gasteiger partial charge on any atom is -0.348 e. The second-order valence-electron chi connectivity index (χ2n) is 6.37. The van der Waals surface area contributed by atoms with Gasteiger partial charge in [-0.05, 0) is 32.3 Å². The average Bonchev–Trinajstić information content (AvgIpc) is 2.62. The molecule has 0 bridgehead atoms. The Bertz CT molecular complexity index is 895. The number of alkyl halides is 3. The van der Waals surface area contributed by atoms with E-state index < -0.39 is 16.7 Å². The summed E-state index contributed by atoms with van der Waals surface area (Å²) in [5, 5.41) is 13.9. The molecule has 1 saturated heterocycles. The van der Waals surface area contributed by atoms with E-state index in [9.17, 15) is 23.3 Å². The lowest BCUT2D eigenvalue weighted by Gasteiger charge is -2.33. The van der Waals surface area contributed by atoms with Gasteiger partial charge in [-0.3, -0.25) is 10.1 Å². The molecule has 0 aromatic carbocycles. The monoisotopic (exact) mass is 416 g/mol. The molecule has 1 atom stereocenters. The quantitative estimate of drug-likeness (QED) is 0.575. The lowest BCUT2D eigenvalue weighted by atomic mass is 10.0. The molecule has 3 rings (SSSR count). The van der Waals surface area contributed by atoms with Crippen LogP contribution in [0.1, 0.15) is 31.7 Å². The SMILES string of the molecule is CC1CCCCN1c1ncnc(Nc2ncc(C(F)(F)F)cc2Cl)c1[N+](=O)[O-]. The minimum absolute atomic E-state index is 0.0583. The average molecular weight is 417 g/mol. The summed E-state index contributed by atoms with van der Waals surface area (Å²) in [6, 6.07) is 0.750. The maximum absolute atomic E-state index is 12.8. The third kappa shape index (κ3) is 4.08. The third-order valence-corrected chi connectivity index (χ3v) is 4.75. The van der Waals surface area contributed by atoms with E-state index in [-0.39, 0.29) is 34.2 Å². The Balaban J connectivity index is 1.99. The van der Waals surface area contributed by atoms with E-state index in [2.05, 4.69) is 20.3 Å². The van der Waals surface area contributed by atoms with E-state index in [0.29, 0.717) is 18.8 Å². The van der Waals surface area contributed by atoms with Crippen LogP contribution in [-0.4, -0.2) is 32.5 Å². The topological polar surface area (TPSA) is 97.1 Å². The fraction of sp³-hybridized carbons (Fsp3) is 0.438. The van der Waals surface area contributed by atoms with E-state index in [0.717, 1.165) is 25.6 Å². The largest absolute Gasteiger partial charge is 0.417 e. The van der Waals surface area contributed by atoms with Crippen LogP contribution in [0.3, 0.4) is 0 Å². The van der Waals surface area contributed by atoms with Crippen LogP contribution in [0.2, 0.25) is 5.02 Å². The summed E-state index contributed by atoms with van der Waals surface area (Å²) in [7, 11) is 0. The van der Waals surface area contributed by atoms with Gasteiger partial charge in [-0.25, -0.2) is 15.0 Å². The van der Waals surface area contributed by atoms with E-state index in [4.69, 9.17) is 11.6 Å². The first-order chi connectivity index (χ1) is 13.2. The molecule has 1 aliphatic rings. The molecule has 1 fully saturated rings. The molecule has 150 valence electrons. The smallest absolute Gasteiger partial charge is 0.348 e. The number of piperidine rings is 1. The Hall–Kier alpha value is -2.69. The van der Waals surface area contributed by atoms with Crippen LogP contribution in [0, 0.1) is 10.1 Å². The van der Waals surface area contributed by atoms with E-state index in [1.165, 1.54) is 0 Å². The number of halogens is 4. The highest BCUT2D eigenvalue weighted by molar-refractivity contribution is 6.33. The van der Waals surface area contributed by atoms with E-state index in [1.807, 2.05) is 11.8 Å². The minimum atomic E-state index is -4.60. The number of hydrogen-bond acceptors (Lipinski definition) is 7. The van der Waals surface area contributed by atoms with Crippen molar-refractivity contribution in [3.8, 4) is 0 Å². The standard InChI is InChI=1S/C16H16ClF3N6O2/c1-9-4-2-3-5-25(9)15-12(26(27)28)14(22-8-23-15)24-13-11(17)6-10(7-21-13)16(18,19)20/h6-9H,2-5H2,1H3,(H,21,22,23,24). The lowest BCUT2D eigenvalue weighted by Crippen LogP contribution is -2.38. The number of pyridine rings is 1. The zero-order valence-corrected chi connectivity index (χ0v) is 15.5. The van der Waals surface area contributed by atoms with Gasteiger partial charge in [0.2, 0.25) is 11.6 Å². The van der Waals surface area contributed by atoms with Crippen molar-refractivity contribution >= 4 is 34.7 Å². The second kappa shape index (κ2) is 7.74. The highest BCUT2D eigenvalue weighted by Gasteiger charge is 2.33. The Morgan fingerprint density at radius 3 is 2.64 bits per heavy atom. The van der Waals surface area contributed by atoms with Crippen LogP contribution in [0.4, 0.5) is 36.3 Å². The number of rotatable bonds is 4. The summed E-state index contributed by atoms with van der Waals surface area (Å²) in [6.07, 6.45) is -0.0873. The highest BCUT2D eigenvalue weighted by Crippen LogP contribution is 2.38. The first-order valence-electron chi connectivity index (χ1n) is 8.44. The Labute approximate surface area is 162 Å². The summed E-state index contributed by atoms with van der Waals surface area (Å²) in [5.41, 5.74) is -1.41. The molecule has 0 saturated carbocycles. The van der Waals surface area contributed by atoms with Crippen molar-refractivity contribution in [1.29, 1.82) is 0 Å². The molecular weight excluding hydrogens is 401 g/mol. The first kappa shape index (κ1) is 20.1. The molecule has 1 aliphatic heterocycles. The number of nitrogens with zero attached hydrogens (tertiary/aromatic N) is 5. The zero-order valence-electron chi connectivity index (χ0n) is 14.7. The summed E-state index contributed by atoms with van der Waals surface area (Å²) >= 11 is 5.88. The Morgan fingerprint density at radius 1 is 1.29 bits per heavy atom. The Kier molecular flexibility index (Phi) is 5.54. The van der Waals surface area contributed by atoms with Crippen LogP contribution >= 0.6 is 11.6 Å². The maximum Gasteiger partial charge on any atom is 0.417 e. The van der Waals surface area contributed by atoms with Gasteiger partial charge in [-0.15, -0.1) is 0 Å². The maximum atomic E-state index is 12.8. The number of nitro groups is 1. The summed E-state index contributed by atoms with van der Waals surface area (Å²) in [6.45, 7) is 2.56. The third-order valence-electron chi connectivity index (χ3n) is 4.47. The molecule has 0 radical (unpaired) electrons. The number of anilines is 3. The molecule has 0 spiro atoms. The molecule has 1 N–H and O–H groups in total. The van der Waals surface area contributed by atoms with Crippen molar-refractivity contribution in [2.24, 2.45) is 0 Å². The fourth-order valence-corrected chi connectivity index (χ4v) is 3.26. The number of hydrogen-bond donors (Lipinski definition) is 1. The van der Waals surface area contributed by atoms with Gasteiger partial charge >= 0.3 is 11.9 Å². The van der Waals surface area contributed by atoms with Crippen LogP contribution in [0.15, 0.2) is 18.6 Å². The molecule has 3 heterocycles. The van der Waals surface area contributed by atoms with Gasteiger partial charge in [0, 0.05) is 18.8 Å². The van der Waals surface area contributed by atoms with Gasteiger partial charge in [-0.1, -0.05) is 11.6 Å². The molecule has 0 amide bonds. The zero-order chi connectivity index (χ0) is 20.5. The van der Waals surface area contributed by atoms with Gasteiger partial charge in [0.1, 0.15) is 6.33 Å². The number of aromatic nitrogens is 3. The molecule has 28 heavy (non-hydrogen) atoms. The Morgan fingerprint density at radius 2 is 2.04 bits per heavy atom. The summed E-state index contributed by atoms with van der Waals surface area (Å²) in [5.74, 6) is -0.214. The predicted octanol–water partition coefficient (Wildman–Crippen LogP) is 4.57. The van der Waals surface area contributed by atoms with Crippen molar-refractivity contribution in [3.63, 3.8) is 0 Å². The van der Waals surface area contributed by atoms with Gasteiger partial charge in [-0.2, -0.15) is 13.2 Å². The molecule has 12 heteroatoms. The van der Waals surface area contributed by atoms with Crippen LogP contribution in [0.5, 0.6) is 0 Å². The van der Waals surface area contributed by atoms with Crippen molar-refractivity contribution in [3.05, 3.63) is 39.3 Å². The highest BCUT2D eigenvalue weighted by atomic mass is 35.5. The van der Waals surface area contributed by atoms with Crippen LogP contribution < -0.4 is 10.2 Å². The molecule has 0 aliphatic carbocycles. The van der Waals surface area contributed by atoms with Gasteiger partial charge in [0.15, 0.2) is 5.82 Å². The molecule has 8 nitrogen and oxygen atoms in total. The van der Waals surface area contributed by atoms with E-state index >= 15 is 0 Å². The van der Waals surface area contributed by atoms with Gasteiger partial charge < -0.3 is 10.2 Å². The summed E-state index contributed by atoms with van der Waals surface area (Å²) < 4.78 is 38.3. The summed E-state index contributed by atoms with van der Waals surface area (Å²) in [4.78, 5) is 24.5. The second-order valence-corrected chi connectivity index (χ2v) is 6.77. The van der Waals surface area contributed by atoms with Crippen molar-refractivity contribution in [2.75, 3.05) is 16.8 Å². The van der Waals surface area contributed by atoms with Crippen molar-refractivity contribution in [1.82, 2.24) is 15.0 Å². The molecule has 1 unspecified atom stereocenters. The fourth-order valence-electron chi connectivity index (χ4n) is 3.05.